The molecule has 4 aliphatic rings. The van der Waals surface area contributed by atoms with Gasteiger partial charge in [0.2, 0.25) is 0 Å². The largest absolute Gasteiger partial charge is 0.508 e. The van der Waals surface area contributed by atoms with Crippen molar-refractivity contribution in [1.82, 2.24) is 29.2 Å². The summed E-state index contributed by atoms with van der Waals surface area (Å²) < 4.78 is 31.2. The molecule has 3 unspecified atom stereocenters. The van der Waals surface area contributed by atoms with E-state index >= 15 is 4.39 Å². The van der Waals surface area contributed by atoms with Crippen LogP contribution in [0, 0.1) is 11.7 Å². The quantitative estimate of drug-likeness (QED) is 0.174. The average molecular weight is 800 g/mol. The van der Waals surface area contributed by atoms with E-state index in [1.165, 1.54) is 11.0 Å². The molecule has 3 saturated heterocycles. The number of phenolic OH excluding ortho intramolecular Hbond substituents is 1. The maximum Gasteiger partial charge on any atom is 0.410 e. The summed E-state index contributed by atoms with van der Waals surface area (Å²) in [5, 5.41) is 12.9. The molecule has 5 aromatic rings. The fourth-order valence-corrected chi connectivity index (χ4v) is 8.87. The van der Waals surface area contributed by atoms with Crippen LogP contribution in [0.1, 0.15) is 59.8 Å². The smallest absolute Gasteiger partial charge is 0.410 e. The first-order chi connectivity index (χ1) is 26.8. The van der Waals surface area contributed by atoms with E-state index in [2.05, 4.69) is 14.4 Å². The van der Waals surface area contributed by atoms with Gasteiger partial charge in [-0.3, -0.25) is 0 Å². The first-order valence-corrected chi connectivity index (χ1v) is 20.0. The summed E-state index contributed by atoms with van der Waals surface area (Å²) in [4.78, 5) is 44.6. The SMILES string of the molecule is CN(CCc1nc2c(N3CC(N(C)C)C3)nc3c(F)c(-c4cc(O)cc5ccccc45)c(Cl)cc3c2n1C1C2CC1N(C(=O)OC(C)(C)C)C2)C(=O)OC(C)(C)C. The molecule has 12 nitrogen and oxygen atoms in total. The number of fused-ring (bicyclic) bond motifs is 5. The highest BCUT2D eigenvalue weighted by atomic mass is 35.5. The van der Waals surface area contributed by atoms with Crippen LogP contribution < -0.4 is 4.90 Å². The molecule has 57 heavy (non-hydrogen) atoms. The number of halogens is 2. The molecule has 2 bridgehead atoms. The normalized spacial score (nSPS) is 19.8. The van der Waals surface area contributed by atoms with Crippen molar-refractivity contribution in [1.29, 1.82) is 0 Å². The molecule has 9 rings (SSSR count). The van der Waals surface area contributed by atoms with Crippen LogP contribution in [0.3, 0.4) is 0 Å². The molecule has 1 aliphatic carbocycles. The van der Waals surface area contributed by atoms with Gasteiger partial charge in [-0.1, -0.05) is 35.9 Å². The minimum absolute atomic E-state index is 0.00672. The van der Waals surface area contributed by atoms with Crippen LogP contribution >= 0.6 is 11.6 Å². The monoisotopic (exact) mass is 799 g/mol. The number of carbonyl (C=O) groups excluding carboxylic acids is 2. The number of imidazole rings is 1. The summed E-state index contributed by atoms with van der Waals surface area (Å²) in [6, 6.07) is 12.3. The third kappa shape index (κ3) is 6.96. The van der Waals surface area contributed by atoms with Crippen molar-refractivity contribution in [3.8, 4) is 16.9 Å². The van der Waals surface area contributed by atoms with Crippen LogP contribution in [0.4, 0.5) is 19.8 Å². The standard InChI is InChI=1S/C43H51ClFN7O5/c1-42(2,3)56-40(54)49(9)15-14-32-46-36-38(52(32)37-24-17-31(37)51(20-24)41(55)57-43(4,5)6)29-19-30(44)33(28-18-26(53)16-23-12-10-11-13-27(23)28)34(45)35(29)47-39(36)50-21-25(22-50)48(7)8/h10-13,16,18-19,24-25,31,37,53H,14-15,17,20-22H2,1-9H3. The Kier molecular flexibility index (Phi) is 9.50. The van der Waals surface area contributed by atoms with Crippen LogP contribution in [0.25, 0.3) is 43.8 Å². The van der Waals surface area contributed by atoms with Crippen molar-refractivity contribution < 1.29 is 28.6 Å². The molecule has 2 aromatic heterocycles. The van der Waals surface area contributed by atoms with Gasteiger partial charge in [0.1, 0.15) is 33.8 Å². The Hall–Kier alpha value is -4.88. The zero-order chi connectivity index (χ0) is 40.9. The van der Waals surface area contributed by atoms with Gasteiger partial charge in [-0.15, -0.1) is 0 Å². The van der Waals surface area contributed by atoms with Crippen molar-refractivity contribution in [2.75, 3.05) is 52.2 Å². The minimum Gasteiger partial charge on any atom is -0.508 e. The fraction of sp³-hybridized carbons (Fsp3) is 0.488. The molecular weight excluding hydrogens is 749 g/mol. The zero-order valence-corrected chi connectivity index (χ0v) is 34.8. The van der Waals surface area contributed by atoms with Gasteiger partial charge >= 0.3 is 12.2 Å². The molecule has 0 spiro atoms. The summed E-state index contributed by atoms with van der Waals surface area (Å²) in [5.41, 5.74) is 0.695. The first kappa shape index (κ1) is 39.0. The van der Waals surface area contributed by atoms with E-state index in [-0.39, 0.29) is 52.0 Å². The zero-order valence-electron chi connectivity index (χ0n) is 34.1. The number of likely N-dealkylation sites (N-methyl/N-ethyl adjacent to an activating group) is 2. The highest BCUT2D eigenvalue weighted by Gasteiger charge is 2.56. The Bertz CT molecular complexity index is 2430. The van der Waals surface area contributed by atoms with Crippen LogP contribution in [0.5, 0.6) is 5.75 Å². The van der Waals surface area contributed by atoms with Crippen LogP contribution in [0.15, 0.2) is 42.5 Å². The Balaban J connectivity index is 1.34. The minimum atomic E-state index is -0.664. The number of benzene rings is 3. The lowest BCUT2D eigenvalue weighted by atomic mass is 9.79. The van der Waals surface area contributed by atoms with Gasteiger partial charge in [-0.2, -0.15) is 0 Å². The molecule has 14 heteroatoms. The van der Waals surface area contributed by atoms with Gasteiger partial charge in [-0.05, 0) is 96.6 Å². The molecule has 302 valence electrons. The van der Waals surface area contributed by atoms with Crippen molar-refractivity contribution in [3.63, 3.8) is 0 Å². The lowest BCUT2D eigenvalue weighted by molar-refractivity contribution is 0.0206. The highest BCUT2D eigenvalue weighted by Crippen LogP contribution is 2.53. The number of hydrogen-bond acceptors (Lipinski definition) is 9. The number of ether oxygens (including phenoxy) is 2. The third-order valence-electron chi connectivity index (χ3n) is 11.4. The number of carbonyl (C=O) groups is 2. The van der Waals surface area contributed by atoms with Crippen molar-refractivity contribution in [2.45, 2.75) is 83.7 Å². The number of pyridine rings is 1. The maximum atomic E-state index is 17.6. The fourth-order valence-electron chi connectivity index (χ4n) is 8.57. The Morgan fingerprint density at radius 2 is 1.65 bits per heavy atom. The van der Waals surface area contributed by atoms with Crippen molar-refractivity contribution in [2.24, 2.45) is 5.92 Å². The molecule has 1 N–H and O–H groups in total. The number of amides is 2. The number of aromatic hydroxyl groups is 1. The molecule has 5 heterocycles. The summed E-state index contributed by atoms with van der Waals surface area (Å²) in [6.45, 7) is 13.2. The van der Waals surface area contributed by atoms with E-state index in [4.69, 9.17) is 31.0 Å². The first-order valence-electron chi connectivity index (χ1n) is 19.6. The molecular formula is C43H51ClFN7O5. The number of nitrogens with zero attached hydrogens (tertiary/aromatic N) is 7. The van der Waals surface area contributed by atoms with E-state index in [0.717, 1.165) is 17.2 Å². The molecule has 3 aromatic carbocycles. The van der Waals surface area contributed by atoms with Crippen molar-refractivity contribution in [3.05, 3.63) is 59.1 Å². The van der Waals surface area contributed by atoms with E-state index in [9.17, 15) is 14.7 Å². The lowest BCUT2D eigenvalue weighted by Crippen LogP contribution is -2.57. The number of hydrogen-bond donors (Lipinski definition) is 1. The van der Waals surface area contributed by atoms with Gasteiger partial charge in [0.05, 0.1) is 22.6 Å². The topological polar surface area (TPSA) is 117 Å². The summed E-state index contributed by atoms with van der Waals surface area (Å²) in [5.74, 6) is 0.722. The number of phenols is 1. The Morgan fingerprint density at radius 1 is 0.947 bits per heavy atom. The molecule has 1 saturated carbocycles. The van der Waals surface area contributed by atoms with Gasteiger partial charge in [0.25, 0.3) is 0 Å². The van der Waals surface area contributed by atoms with Crippen LogP contribution in [-0.4, -0.2) is 117 Å². The van der Waals surface area contributed by atoms with Crippen LogP contribution in [-0.2, 0) is 15.9 Å². The molecule has 0 radical (unpaired) electrons. The molecule has 3 atom stereocenters. The second-order valence-electron chi connectivity index (χ2n) is 18.0. The number of anilines is 1. The predicted octanol–water partition coefficient (Wildman–Crippen LogP) is 8.24. The lowest BCUT2D eigenvalue weighted by Gasteiger charge is -2.43. The average Bonchev–Trinajstić information content (AvgIpc) is 3.79. The van der Waals surface area contributed by atoms with Crippen molar-refractivity contribution >= 4 is 62.3 Å². The summed E-state index contributed by atoms with van der Waals surface area (Å²) >= 11 is 7.14. The molecule has 2 amide bonds. The van der Waals surface area contributed by atoms with E-state index in [1.807, 2.05) is 84.8 Å². The van der Waals surface area contributed by atoms with Gasteiger partial charge in [0.15, 0.2) is 11.6 Å². The van der Waals surface area contributed by atoms with Gasteiger partial charge < -0.3 is 38.7 Å². The second-order valence-corrected chi connectivity index (χ2v) is 18.5. The molecule has 3 aliphatic heterocycles. The summed E-state index contributed by atoms with van der Waals surface area (Å²) in [7, 11) is 5.77. The molecule has 4 fully saturated rings. The number of aromatic nitrogens is 3. The predicted molar refractivity (Wildman–Crippen MR) is 221 cm³/mol. The van der Waals surface area contributed by atoms with E-state index < -0.39 is 23.1 Å². The van der Waals surface area contributed by atoms with Gasteiger partial charge in [-0.25, -0.2) is 23.9 Å². The Labute approximate surface area is 337 Å². The maximum absolute atomic E-state index is 17.6. The number of rotatable bonds is 7. The third-order valence-corrected chi connectivity index (χ3v) is 11.7. The summed E-state index contributed by atoms with van der Waals surface area (Å²) in [6.07, 6.45) is 0.330. The highest BCUT2D eigenvalue weighted by molar-refractivity contribution is 6.35. The van der Waals surface area contributed by atoms with Crippen LogP contribution in [0.2, 0.25) is 5.02 Å². The second kappa shape index (κ2) is 13.9. The van der Waals surface area contributed by atoms with E-state index in [0.29, 0.717) is 66.2 Å². The van der Waals surface area contributed by atoms with Gasteiger partial charge in [0, 0.05) is 62.6 Å². The van der Waals surface area contributed by atoms with E-state index in [1.54, 1.807) is 19.2 Å². The Morgan fingerprint density at radius 3 is 2.33 bits per heavy atom.